The number of fused-ring (bicyclic) bond motifs is 5. The van der Waals surface area contributed by atoms with E-state index in [9.17, 15) is 0 Å². The van der Waals surface area contributed by atoms with Gasteiger partial charge in [0.2, 0.25) is 0 Å². The third-order valence-electron chi connectivity index (χ3n) is 8.94. The Bertz CT molecular complexity index is 742. The SMILES string of the molecule is COc1ccc2c(c1)CCC1C2CC[C@]2(C)C(NCCCNCCCOCCCO)CCC12. The number of hydrogen-bond acceptors (Lipinski definition) is 5. The average Bonchev–Trinajstić information content (AvgIpc) is 3.18. The van der Waals surface area contributed by atoms with Gasteiger partial charge in [-0.15, -0.1) is 0 Å². The van der Waals surface area contributed by atoms with Gasteiger partial charge in [-0.05, 0) is 124 Å². The lowest BCUT2D eigenvalue weighted by Gasteiger charge is -2.51. The Labute approximate surface area is 201 Å². The highest BCUT2D eigenvalue weighted by Crippen LogP contribution is 2.60. The topological polar surface area (TPSA) is 62.8 Å². The molecule has 0 spiro atoms. The number of benzene rings is 1. The van der Waals surface area contributed by atoms with Gasteiger partial charge in [0.15, 0.2) is 0 Å². The summed E-state index contributed by atoms with van der Waals surface area (Å²) in [4.78, 5) is 0. The summed E-state index contributed by atoms with van der Waals surface area (Å²) in [6.07, 6.45) is 11.0. The molecule has 0 aliphatic heterocycles. The number of hydrogen-bond donors (Lipinski definition) is 3. The van der Waals surface area contributed by atoms with Crippen molar-refractivity contribution in [1.82, 2.24) is 10.6 Å². The van der Waals surface area contributed by atoms with Crippen LogP contribution in [-0.4, -0.2) is 57.7 Å². The van der Waals surface area contributed by atoms with Crippen LogP contribution in [0.5, 0.6) is 5.75 Å². The summed E-state index contributed by atoms with van der Waals surface area (Å²) in [5.41, 5.74) is 3.62. The van der Waals surface area contributed by atoms with Crippen molar-refractivity contribution in [2.45, 2.75) is 76.7 Å². The lowest BCUT2D eigenvalue weighted by atomic mass is 9.55. The molecule has 4 unspecified atom stereocenters. The summed E-state index contributed by atoms with van der Waals surface area (Å²) in [5.74, 6) is 3.50. The summed E-state index contributed by atoms with van der Waals surface area (Å²) < 4.78 is 11.0. The first-order chi connectivity index (χ1) is 16.2. The number of aryl methyl sites for hydroxylation is 1. The fourth-order valence-electron chi connectivity index (χ4n) is 7.20. The molecule has 0 heterocycles. The van der Waals surface area contributed by atoms with Gasteiger partial charge in [-0.3, -0.25) is 0 Å². The van der Waals surface area contributed by atoms with E-state index in [-0.39, 0.29) is 6.61 Å². The van der Waals surface area contributed by atoms with Crippen molar-refractivity contribution in [2.75, 3.05) is 46.6 Å². The maximum Gasteiger partial charge on any atom is 0.119 e. The Balaban J connectivity index is 1.19. The number of aliphatic hydroxyl groups is 1. The third-order valence-corrected chi connectivity index (χ3v) is 8.94. The molecular formula is C28H46N2O3. The van der Waals surface area contributed by atoms with Gasteiger partial charge in [-0.1, -0.05) is 13.0 Å². The van der Waals surface area contributed by atoms with Crippen LogP contribution < -0.4 is 15.4 Å². The van der Waals surface area contributed by atoms with E-state index in [0.29, 0.717) is 18.1 Å². The van der Waals surface area contributed by atoms with Crippen LogP contribution in [0.15, 0.2) is 18.2 Å². The monoisotopic (exact) mass is 458 g/mol. The van der Waals surface area contributed by atoms with Crippen molar-refractivity contribution >= 4 is 0 Å². The third kappa shape index (κ3) is 5.75. The summed E-state index contributed by atoms with van der Waals surface area (Å²) in [6, 6.07) is 7.51. The number of methoxy groups -OCH3 is 1. The molecule has 0 bridgehead atoms. The molecule has 186 valence electrons. The van der Waals surface area contributed by atoms with E-state index in [1.165, 1.54) is 50.5 Å². The van der Waals surface area contributed by atoms with Gasteiger partial charge >= 0.3 is 0 Å². The predicted octanol–water partition coefficient (Wildman–Crippen LogP) is 4.28. The van der Waals surface area contributed by atoms with Gasteiger partial charge in [0.1, 0.15) is 5.75 Å². The van der Waals surface area contributed by atoms with E-state index in [1.54, 1.807) is 12.7 Å². The fraction of sp³-hybridized carbons (Fsp3) is 0.786. The molecule has 0 radical (unpaired) electrons. The molecule has 33 heavy (non-hydrogen) atoms. The Hall–Kier alpha value is -1.14. The Morgan fingerprint density at radius 1 is 1.03 bits per heavy atom. The van der Waals surface area contributed by atoms with E-state index in [2.05, 4.69) is 35.8 Å². The predicted molar refractivity (Wildman–Crippen MR) is 134 cm³/mol. The van der Waals surface area contributed by atoms with Crippen LogP contribution >= 0.6 is 0 Å². The van der Waals surface area contributed by atoms with Gasteiger partial charge in [-0.25, -0.2) is 0 Å². The summed E-state index contributed by atoms with van der Waals surface area (Å²) in [5, 5.41) is 16.3. The smallest absolute Gasteiger partial charge is 0.119 e. The van der Waals surface area contributed by atoms with Gasteiger partial charge in [0, 0.05) is 25.9 Å². The highest BCUT2D eigenvalue weighted by atomic mass is 16.5. The zero-order valence-corrected chi connectivity index (χ0v) is 20.9. The van der Waals surface area contributed by atoms with Crippen LogP contribution in [0.2, 0.25) is 0 Å². The highest BCUT2D eigenvalue weighted by molar-refractivity contribution is 5.40. The van der Waals surface area contributed by atoms with Crippen LogP contribution in [0.4, 0.5) is 0 Å². The number of aliphatic hydroxyl groups excluding tert-OH is 1. The van der Waals surface area contributed by atoms with Crippen molar-refractivity contribution in [3.63, 3.8) is 0 Å². The molecule has 1 aromatic carbocycles. The van der Waals surface area contributed by atoms with Crippen LogP contribution in [0.25, 0.3) is 0 Å². The zero-order valence-electron chi connectivity index (χ0n) is 20.9. The molecule has 1 aromatic rings. The van der Waals surface area contributed by atoms with Gasteiger partial charge in [0.05, 0.1) is 7.11 Å². The lowest BCUT2D eigenvalue weighted by Crippen LogP contribution is -2.49. The van der Waals surface area contributed by atoms with E-state index in [4.69, 9.17) is 14.6 Å². The summed E-state index contributed by atoms with van der Waals surface area (Å²) >= 11 is 0. The molecule has 3 aliphatic rings. The second-order valence-electron chi connectivity index (χ2n) is 10.8. The van der Waals surface area contributed by atoms with Crippen molar-refractivity contribution in [3.05, 3.63) is 29.3 Å². The van der Waals surface area contributed by atoms with Gasteiger partial charge < -0.3 is 25.2 Å². The van der Waals surface area contributed by atoms with Crippen molar-refractivity contribution in [1.29, 1.82) is 0 Å². The number of ether oxygens (including phenoxy) is 2. The minimum Gasteiger partial charge on any atom is -0.497 e. The first-order valence-electron chi connectivity index (χ1n) is 13.5. The molecule has 2 fully saturated rings. The Morgan fingerprint density at radius 3 is 2.73 bits per heavy atom. The second kappa shape index (κ2) is 12.0. The quantitative estimate of drug-likeness (QED) is 0.385. The zero-order chi connectivity index (χ0) is 23.1. The minimum atomic E-state index is 0.219. The van der Waals surface area contributed by atoms with Gasteiger partial charge in [0.25, 0.3) is 0 Å². The van der Waals surface area contributed by atoms with E-state index in [1.807, 2.05) is 0 Å². The Morgan fingerprint density at radius 2 is 1.88 bits per heavy atom. The van der Waals surface area contributed by atoms with E-state index < -0.39 is 0 Å². The molecule has 5 heteroatoms. The molecule has 4 rings (SSSR count). The first-order valence-corrected chi connectivity index (χ1v) is 13.5. The average molecular weight is 459 g/mol. The molecule has 3 N–H and O–H groups in total. The standard InChI is InChI=1S/C28H46N2O3/c1-28-13-12-24-23-9-7-22(32-2)20-21(23)6-8-25(24)26(28)10-11-27(28)30-16-3-14-29-15-4-18-33-19-5-17-31/h7,9,20,24-27,29-31H,3-6,8,10-19H2,1-2H3/t24?,25?,26?,27?,28-/m0/s1. The van der Waals surface area contributed by atoms with Crippen molar-refractivity contribution < 1.29 is 14.6 Å². The minimum absolute atomic E-state index is 0.219. The normalized spacial score (nSPS) is 30.5. The molecule has 0 amide bonds. The summed E-state index contributed by atoms with van der Waals surface area (Å²) in [7, 11) is 1.78. The van der Waals surface area contributed by atoms with Crippen molar-refractivity contribution in [3.8, 4) is 5.75 Å². The Kier molecular flexibility index (Phi) is 9.09. The highest BCUT2D eigenvalue weighted by Gasteiger charge is 2.54. The van der Waals surface area contributed by atoms with Crippen LogP contribution in [0, 0.1) is 17.3 Å². The molecule has 0 aromatic heterocycles. The molecule has 0 saturated heterocycles. The lowest BCUT2D eigenvalue weighted by molar-refractivity contribution is 0.0412. The molecular weight excluding hydrogens is 412 g/mol. The second-order valence-corrected chi connectivity index (χ2v) is 10.8. The molecule has 5 atom stereocenters. The maximum absolute atomic E-state index is 8.75. The maximum atomic E-state index is 8.75. The van der Waals surface area contributed by atoms with Crippen LogP contribution in [0.3, 0.4) is 0 Å². The number of nitrogens with one attached hydrogen (secondary N) is 2. The van der Waals surface area contributed by atoms with Crippen LogP contribution in [-0.2, 0) is 11.2 Å². The van der Waals surface area contributed by atoms with Crippen LogP contribution in [0.1, 0.15) is 75.3 Å². The molecule has 5 nitrogen and oxygen atoms in total. The van der Waals surface area contributed by atoms with E-state index >= 15 is 0 Å². The van der Waals surface area contributed by atoms with Gasteiger partial charge in [-0.2, -0.15) is 0 Å². The van der Waals surface area contributed by atoms with E-state index in [0.717, 1.165) is 62.6 Å². The molecule has 2 saturated carbocycles. The fourth-order valence-corrected chi connectivity index (χ4v) is 7.20. The first kappa shape index (κ1) is 25.0. The largest absolute Gasteiger partial charge is 0.497 e. The van der Waals surface area contributed by atoms with Crippen molar-refractivity contribution in [2.24, 2.45) is 17.3 Å². The summed E-state index contributed by atoms with van der Waals surface area (Å²) in [6.45, 7) is 7.47. The molecule has 3 aliphatic carbocycles. The number of rotatable bonds is 13.